The maximum absolute atomic E-state index is 10.1. The highest BCUT2D eigenvalue weighted by molar-refractivity contribution is 9.10. The molecule has 0 heterocycles. The van der Waals surface area contributed by atoms with Crippen LogP contribution in [0.2, 0.25) is 0 Å². The topological polar surface area (TPSA) is 41.5 Å². The van der Waals surface area contributed by atoms with Crippen molar-refractivity contribution in [2.75, 3.05) is 13.2 Å². The number of ether oxygens (including phenoxy) is 1. The summed E-state index contributed by atoms with van der Waals surface area (Å²) < 4.78 is 6.60. The van der Waals surface area contributed by atoms with Crippen molar-refractivity contribution in [3.63, 3.8) is 0 Å². The van der Waals surface area contributed by atoms with Crippen molar-refractivity contribution < 1.29 is 9.84 Å². The molecule has 0 bridgehead atoms. The highest BCUT2D eigenvalue weighted by Crippen LogP contribution is 2.26. The van der Waals surface area contributed by atoms with E-state index >= 15 is 0 Å². The largest absolute Gasteiger partial charge is 0.492 e. The fraction of sp³-hybridized carbons (Fsp3) is 0.333. The summed E-state index contributed by atoms with van der Waals surface area (Å²) in [5.74, 6) is 0.870. The molecule has 0 saturated heterocycles. The molecule has 4 heteroatoms. The Bertz CT molecular complexity index is 575. The summed E-state index contributed by atoms with van der Waals surface area (Å²) in [6.45, 7) is 4.04. The predicted molar refractivity (Wildman–Crippen MR) is 93.0 cm³/mol. The van der Waals surface area contributed by atoms with Crippen LogP contribution in [0.5, 0.6) is 5.75 Å². The number of hydrogen-bond acceptors (Lipinski definition) is 3. The van der Waals surface area contributed by atoms with E-state index in [2.05, 4.69) is 28.2 Å². The number of halogens is 1. The molecule has 2 N–H and O–H groups in total. The SMILES string of the molecule is CCCOc1ccc(CNC[C@H](O)c2ccccc2)cc1Br. The molecule has 0 aromatic heterocycles. The van der Waals surface area contributed by atoms with Gasteiger partial charge < -0.3 is 15.2 Å². The third kappa shape index (κ3) is 5.13. The Morgan fingerprint density at radius 2 is 1.95 bits per heavy atom. The fourth-order valence-corrected chi connectivity index (χ4v) is 2.67. The zero-order valence-corrected chi connectivity index (χ0v) is 14.3. The number of aliphatic hydroxyl groups is 1. The molecular formula is C18H22BrNO2. The van der Waals surface area contributed by atoms with Gasteiger partial charge in [0.25, 0.3) is 0 Å². The van der Waals surface area contributed by atoms with Crippen molar-refractivity contribution in [2.24, 2.45) is 0 Å². The lowest BCUT2D eigenvalue weighted by atomic mass is 10.1. The van der Waals surface area contributed by atoms with Gasteiger partial charge in [-0.3, -0.25) is 0 Å². The number of hydrogen-bond donors (Lipinski definition) is 2. The van der Waals surface area contributed by atoms with E-state index in [4.69, 9.17) is 4.74 Å². The molecule has 0 unspecified atom stereocenters. The first-order valence-electron chi connectivity index (χ1n) is 7.55. The van der Waals surface area contributed by atoms with E-state index in [1.54, 1.807) is 0 Å². The number of benzene rings is 2. The number of rotatable bonds is 8. The van der Waals surface area contributed by atoms with Crippen molar-refractivity contribution >= 4 is 15.9 Å². The van der Waals surface area contributed by atoms with Crippen LogP contribution in [0.1, 0.15) is 30.6 Å². The van der Waals surface area contributed by atoms with Crippen LogP contribution < -0.4 is 10.1 Å². The van der Waals surface area contributed by atoms with E-state index < -0.39 is 6.10 Å². The molecular weight excluding hydrogens is 342 g/mol. The van der Waals surface area contributed by atoms with Crippen molar-refractivity contribution in [3.8, 4) is 5.75 Å². The first-order chi connectivity index (χ1) is 10.7. The lowest BCUT2D eigenvalue weighted by molar-refractivity contribution is 0.174. The maximum Gasteiger partial charge on any atom is 0.133 e. The van der Waals surface area contributed by atoms with Crippen LogP contribution in [0.25, 0.3) is 0 Å². The third-order valence-corrected chi connectivity index (χ3v) is 3.93. The molecule has 118 valence electrons. The van der Waals surface area contributed by atoms with Crippen molar-refractivity contribution in [1.29, 1.82) is 0 Å². The lowest BCUT2D eigenvalue weighted by Crippen LogP contribution is -2.21. The van der Waals surface area contributed by atoms with Gasteiger partial charge in [0.15, 0.2) is 0 Å². The highest BCUT2D eigenvalue weighted by atomic mass is 79.9. The maximum atomic E-state index is 10.1. The monoisotopic (exact) mass is 363 g/mol. The smallest absolute Gasteiger partial charge is 0.133 e. The summed E-state index contributed by atoms with van der Waals surface area (Å²) in [4.78, 5) is 0. The molecule has 1 atom stereocenters. The lowest BCUT2D eigenvalue weighted by Gasteiger charge is -2.13. The van der Waals surface area contributed by atoms with Gasteiger partial charge in [0.1, 0.15) is 5.75 Å². The molecule has 0 aliphatic heterocycles. The van der Waals surface area contributed by atoms with Crippen LogP contribution in [-0.4, -0.2) is 18.3 Å². The molecule has 0 aliphatic carbocycles. The summed E-state index contributed by atoms with van der Waals surface area (Å²) in [7, 11) is 0. The normalized spacial score (nSPS) is 12.1. The predicted octanol–water partition coefficient (Wildman–Crippen LogP) is 4.06. The van der Waals surface area contributed by atoms with Crippen LogP contribution >= 0.6 is 15.9 Å². The second kappa shape index (κ2) is 8.93. The zero-order chi connectivity index (χ0) is 15.8. The average molecular weight is 364 g/mol. The van der Waals surface area contributed by atoms with Crippen molar-refractivity contribution in [1.82, 2.24) is 5.32 Å². The van der Waals surface area contributed by atoms with Gasteiger partial charge in [-0.2, -0.15) is 0 Å². The molecule has 0 aliphatic rings. The van der Waals surface area contributed by atoms with Crippen LogP contribution in [0.15, 0.2) is 53.0 Å². The second-order valence-electron chi connectivity index (χ2n) is 5.17. The quantitative estimate of drug-likeness (QED) is 0.742. The molecule has 0 fully saturated rings. The molecule has 22 heavy (non-hydrogen) atoms. The van der Waals surface area contributed by atoms with Crippen molar-refractivity contribution in [3.05, 3.63) is 64.1 Å². The molecule has 0 amide bonds. The summed E-state index contributed by atoms with van der Waals surface area (Å²) in [5, 5.41) is 13.4. The summed E-state index contributed by atoms with van der Waals surface area (Å²) in [6.07, 6.45) is 0.504. The molecule has 0 saturated carbocycles. The molecule has 0 radical (unpaired) electrons. The highest BCUT2D eigenvalue weighted by Gasteiger charge is 2.07. The molecule has 2 aromatic carbocycles. The minimum absolute atomic E-state index is 0.489. The first-order valence-corrected chi connectivity index (χ1v) is 8.35. The Labute approximate surface area is 140 Å². The van der Waals surface area contributed by atoms with Crippen LogP contribution in [0, 0.1) is 0 Å². The molecule has 0 spiro atoms. The Kier molecular flexibility index (Phi) is 6.90. The molecule has 2 aromatic rings. The Morgan fingerprint density at radius 1 is 1.18 bits per heavy atom. The van der Waals surface area contributed by atoms with E-state index in [1.165, 1.54) is 0 Å². The Hall–Kier alpha value is -1.36. The van der Waals surface area contributed by atoms with Crippen LogP contribution in [-0.2, 0) is 6.54 Å². The summed E-state index contributed by atoms with van der Waals surface area (Å²) >= 11 is 3.53. The van der Waals surface area contributed by atoms with Gasteiger partial charge in [0.05, 0.1) is 17.2 Å². The third-order valence-electron chi connectivity index (χ3n) is 3.31. The second-order valence-corrected chi connectivity index (χ2v) is 6.02. The average Bonchev–Trinajstić information content (AvgIpc) is 2.55. The molecule has 3 nitrogen and oxygen atoms in total. The fourth-order valence-electron chi connectivity index (χ4n) is 2.13. The Morgan fingerprint density at radius 3 is 2.64 bits per heavy atom. The van der Waals surface area contributed by atoms with Crippen molar-refractivity contribution in [2.45, 2.75) is 26.0 Å². The number of nitrogens with one attached hydrogen (secondary N) is 1. The minimum atomic E-state index is -0.489. The van der Waals surface area contributed by atoms with Gasteiger partial charge in [0.2, 0.25) is 0 Å². The number of aliphatic hydroxyl groups excluding tert-OH is 1. The molecule has 2 rings (SSSR count). The van der Waals surface area contributed by atoms with Gasteiger partial charge in [0, 0.05) is 13.1 Å². The van der Waals surface area contributed by atoms with Crippen LogP contribution in [0.4, 0.5) is 0 Å². The van der Waals surface area contributed by atoms with E-state index in [0.717, 1.165) is 34.4 Å². The van der Waals surface area contributed by atoms with Gasteiger partial charge in [-0.15, -0.1) is 0 Å². The van der Waals surface area contributed by atoms with Crippen LogP contribution in [0.3, 0.4) is 0 Å². The standard InChI is InChI=1S/C18H22BrNO2/c1-2-10-22-18-9-8-14(11-16(18)19)12-20-13-17(21)15-6-4-3-5-7-15/h3-9,11,17,20-21H,2,10,12-13H2,1H3/t17-/m0/s1. The van der Waals surface area contributed by atoms with E-state index in [-0.39, 0.29) is 0 Å². The Balaban J connectivity index is 1.83. The summed E-state index contributed by atoms with van der Waals surface area (Å²) in [5.41, 5.74) is 2.08. The zero-order valence-electron chi connectivity index (χ0n) is 12.8. The first kappa shape index (κ1) is 17.0. The van der Waals surface area contributed by atoms with Gasteiger partial charge >= 0.3 is 0 Å². The van der Waals surface area contributed by atoms with E-state index in [9.17, 15) is 5.11 Å². The van der Waals surface area contributed by atoms with E-state index in [1.807, 2.05) is 48.5 Å². The van der Waals surface area contributed by atoms with Gasteiger partial charge in [-0.25, -0.2) is 0 Å². The van der Waals surface area contributed by atoms with E-state index in [0.29, 0.717) is 13.1 Å². The van der Waals surface area contributed by atoms with Gasteiger partial charge in [-0.1, -0.05) is 43.3 Å². The minimum Gasteiger partial charge on any atom is -0.492 e. The summed E-state index contributed by atoms with van der Waals surface area (Å²) in [6, 6.07) is 15.7. The van der Waals surface area contributed by atoms with Gasteiger partial charge in [-0.05, 0) is 45.6 Å².